The first-order chi connectivity index (χ1) is 7.64. The fraction of sp³-hybridized carbons (Fsp3) is 0.818. The number of hydrogen-bond acceptors (Lipinski definition) is 5. The first-order valence-electron chi connectivity index (χ1n) is 5.58. The van der Waals surface area contributed by atoms with Gasteiger partial charge in [0.15, 0.2) is 8.41 Å². The summed E-state index contributed by atoms with van der Waals surface area (Å²) in [6.45, 7) is 2.21. The van der Waals surface area contributed by atoms with Crippen molar-refractivity contribution in [3.05, 3.63) is 0 Å². The van der Waals surface area contributed by atoms with E-state index in [1.807, 2.05) is 0 Å². The Bertz CT molecular complexity index is 339. The highest BCUT2D eigenvalue weighted by Crippen LogP contribution is 2.62. The van der Waals surface area contributed by atoms with Gasteiger partial charge in [-0.15, -0.1) is 30.8 Å². The third kappa shape index (κ3) is 2.25. The predicted octanol–water partition coefficient (Wildman–Crippen LogP) is 4.00. The van der Waals surface area contributed by atoms with E-state index in [1.54, 1.807) is 23.5 Å². The van der Waals surface area contributed by atoms with E-state index in [0.717, 1.165) is 12.8 Å². The van der Waals surface area contributed by atoms with Gasteiger partial charge in [-0.3, -0.25) is 0 Å². The van der Waals surface area contributed by atoms with Crippen LogP contribution in [-0.2, 0) is 0 Å². The zero-order valence-electron chi connectivity index (χ0n) is 9.35. The zero-order chi connectivity index (χ0) is 11.6. The topological polar surface area (TPSA) is 24.7 Å². The molecule has 1 fully saturated rings. The van der Waals surface area contributed by atoms with Gasteiger partial charge in [0.1, 0.15) is 0 Å². The third-order valence-electron chi connectivity index (χ3n) is 3.11. The zero-order valence-corrected chi connectivity index (χ0v) is 11.9. The van der Waals surface area contributed by atoms with Crippen molar-refractivity contribution >= 4 is 36.2 Å². The van der Waals surface area contributed by atoms with Crippen LogP contribution < -0.4 is 0 Å². The number of rotatable bonds is 3. The van der Waals surface area contributed by atoms with Crippen molar-refractivity contribution < 1.29 is 0 Å². The summed E-state index contributed by atoms with van der Waals surface area (Å²) in [5.41, 5.74) is 0. The molecule has 0 spiro atoms. The second-order valence-corrected chi connectivity index (χ2v) is 8.16. The number of hydrogen-bond donors (Lipinski definition) is 1. The maximum atomic E-state index is 5.33. The number of terminal acetylenes is 1. The van der Waals surface area contributed by atoms with Crippen LogP contribution in [0.1, 0.15) is 32.6 Å². The van der Waals surface area contributed by atoms with E-state index < -0.39 is 0 Å². The summed E-state index contributed by atoms with van der Waals surface area (Å²) < 4.78 is -0.467. The highest BCUT2D eigenvalue weighted by Gasteiger charge is 2.52. The molecule has 2 nitrogen and oxygen atoms in total. The molecule has 3 atom stereocenters. The molecule has 0 saturated carbocycles. The Labute approximate surface area is 111 Å². The van der Waals surface area contributed by atoms with Crippen LogP contribution in [-0.4, -0.2) is 14.2 Å². The summed E-state index contributed by atoms with van der Waals surface area (Å²) in [6.07, 6.45) is 9.90. The molecule has 2 bridgehead atoms. The van der Waals surface area contributed by atoms with Crippen molar-refractivity contribution in [2.75, 3.05) is 5.75 Å². The molecule has 0 amide bonds. The molecule has 2 aliphatic heterocycles. The van der Waals surface area contributed by atoms with Gasteiger partial charge >= 0.3 is 0 Å². The molecule has 0 aromatic carbocycles. The van der Waals surface area contributed by atoms with Crippen LogP contribution in [0.5, 0.6) is 0 Å². The van der Waals surface area contributed by atoms with Gasteiger partial charge in [-0.05, 0) is 25.7 Å². The molecule has 2 heterocycles. The lowest BCUT2D eigenvalue weighted by Gasteiger charge is -2.27. The van der Waals surface area contributed by atoms with Gasteiger partial charge in [0.2, 0.25) is 0 Å². The lowest BCUT2D eigenvalue weighted by molar-refractivity contribution is 0.404. The molecule has 0 radical (unpaired) electrons. The van der Waals surface area contributed by atoms with Crippen LogP contribution >= 0.6 is 36.2 Å². The molecule has 2 aliphatic rings. The van der Waals surface area contributed by atoms with Gasteiger partial charge in [-0.1, -0.05) is 24.6 Å². The van der Waals surface area contributed by atoms with Gasteiger partial charge in [0.05, 0.1) is 5.75 Å². The molecule has 16 heavy (non-hydrogen) atoms. The monoisotopic (exact) mass is 272 g/mol. The van der Waals surface area contributed by atoms with Crippen LogP contribution in [0.4, 0.5) is 0 Å². The quantitative estimate of drug-likeness (QED) is 0.620. The minimum Gasteiger partial charge on any atom is -0.163 e. The van der Waals surface area contributed by atoms with E-state index >= 15 is 0 Å². The van der Waals surface area contributed by atoms with Crippen molar-refractivity contribution in [2.45, 2.75) is 41.0 Å². The Morgan fingerprint density at radius 2 is 2.44 bits per heavy atom. The van der Waals surface area contributed by atoms with Crippen LogP contribution in [0.3, 0.4) is 0 Å². The largest absolute Gasteiger partial charge is 0.176 e. The highest BCUT2D eigenvalue weighted by molar-refractivity contribution is 8.23. The summed E-state index contributed by atoms with van der Waals surface area (Å²) in [6, 6.07) is 0. The van der Waals surface area contributed by atoms with Crippen molar-refractivity contribution in [3.63, 3.8) is 0 Å². The van der Waals surface area contributed by atoms with Crippen molar-refractivity contribution in [1.29, 1.82) is 0 Å². The second-order valence-electron chi connectivity index (χ2n) is 4.16. The minimum absolute atomic E-state index is 0.155. The van der Waals surface area contributed by atoms with Crippen molar-refractivity contribution in [2.24, 2.45) is 16.1 Å². The van der Waals surface area contributed by atoms with Gasteiger partial charge in [0, 0.05) is 5.92 Å². The number of nitrogens with zero attached hydrogens (tertiary/aromatic N) is 2. The third-order valence-corrected chi connectivity index (χ3v) is 6.81. The Kier molecular flexibility index (Phi) is 3.82. The number of fused-ring (bicyclic) bond motifs is 2. The molecule has 88 valence electrons. The van der Waals surface area contributed by atoms with E-state index in [1.165, 1.54) is 12.8 Å². The van der Waals surface area contributed by atoms with Gasteiger partial charge in [-0.2, -0.15) is 10.2 Å². The van der Waals surface area contributed by atoms with Gasteiger partial charge in [0.25, 0.3) is 0 Å². The maximum absolute atomic E-state index is 5.33. The average molecular weight is 272 g/mol. The van der Waals surface area contributed by atoms with E-state index in [2.05, 4.69) is 23.1 Å². The summed E-state index contributed by atoms with van der Waals surface area (Å²) in [7, 11) is 0. The number of thioether (sulfide) groups is 2. The Balaban J connectivity index is 2.17. The van der Waals surface area contributed by atoms with E-state index in [4.69, 9.17) is 19.1 Å². The summed E-state index contributed by atoms with van der Waals surface area (Å²) in [5, 5.41) is 8.91. The van der Waals surface area contributed by atoms with Gasteiger partial charge < -0.3 is 0 Å². The molecule has 1 saturated heterocycles. The highest BCUT2D eigenvalue weighted by atomic mass is 32.2. The second kappa shape index (κ2) is 4.83. The standard InChI is InChI=1S/C11H16N2S3/c1-3-8-15-10-7-5-6-9(4-2)11(14,16-10)13-12-10/h1,9,14H,4-8H2,2H3. The molecule has 2 rings (SSSR count). The molecular formula is C11H16N2S3. The normalized spacial score (nSPS) is 41.7. The fourth-order valence-electron chi connectivity index (χ4n) is 2.20. The Morgan fingerprint density at radius 1 is 1.62 bits per heavy atom. The summed E-state index contributed by atoms with van der Waals surface area (Å²) >= 11 is 8.27. The number of azo groups is 1. The van der Waals surface area contributed by atoms with Gasteiger partial charge in [-0.25, -0.2) is 0 Å². The van der Waals surface area contributed by atoms with Crippen LogP contribution in [0.2, 0.25) is 0 Å². The fourth-order valence-corrected chi connectivity index (χ4v) is 6.02. The number of thiol groups is 1. The first-order valence-corrected chi connectivity index (χ1v) is 7.83. The molecule has 0 aromatic rings. The molecule has 0 aliphatic carbocycles. The first kappa shape index (κ1) is 12.7. The summed E-state index contributed by atoms with van der Waals surface area (Å²) in [5.74, 6) is 3.90. The van der Waals surface area contributed by atoms with Crippen molar-refractivity contribution in [3.8, 4) is 12.3 Å². The lowest BCUT2D eigenvalue weighted by atomic mass is 9.98. The average Bonchev–Trinajstić information content (AvgIpc) is 2.52. The molecule has 0 aromatic heterocycles. The minimum atomic E-state index is -0.313. The molecule has 5 heteroatoms. The predicted molar refractivity (Wildman–Crippen MR) is 75.8 cm³/mol. The summed E-state index contributed by atoms with van der Waals surface area (Å²) in [4.78, 5) is 0. The Morgan fingerprint density at radius 3 is 3.12 bits per heavy atom. The van der Waals surface area contributed by atoms with Crippen LogP contribution in [0, 0.1) is 18.3 Å². The molecular weight excluding hydrogens is 256 g/mol. The van der Waals surface area contributed by atoms with Crippen LogP contribution in [0.25, 0.3) is 0 Å². The SMILES string of the molecule is C#CCSC12CCCC(CC)C(S)(N=N1)S2. The molecule has 0 N–H and O–H groups in total. The van der Waals surface area contributed by atoms with E-state index in [0.29, 0.717) is 11.7 Å². The van der Waals surface area contributed by atoms with E-state index in [-0.39, 0.29) is 8.41 Å². The maximum Gasteiger partial charge on any atom is 0.176 e. The lowest BCUT2D eigenvalue weighted by Crippen LogP contribution is -2.24. The van der Waals surface area contributed by atoms with E-state index in [9.17, 15) is 0 Å². The van der Waals surface area contributed by atoms with Crippen molar-refractivity contribution in [1.82, 2.24) is 0 Å². The smallest absolute Gasteiger partial charge is 0.163 e. The van der Waals surface area contributed by atoms with Crippen LogP contribution in [0.15, 0.2) is 10.2 Å². The Hall–Kier alpha value is 0.210. The molecule has 3 unspecified atom stereocenters.